The van der Waals surface area contributed by atoms with Crippen LogP contribution >= 0.6 is 0 Å². The molecule has 1 heterocycles. The number of benzene rings is 1. The van der Waals surface area contributed by atoms with Gasteiger partial charge in [0.2, 0.25) is 5.91 Å². The van der Waals surface area contributed by atoms with Gasteiger partial charge in [0, 0.05) is 17.8 Å². The molecule has 4 heteroatoms. The van der Waals surface area contributed by atoms with Crippen LogP contribution in [0.5, 0.6) is 0 Å². The summed E-state index contributed by atoms with van der Waals surface area (Å²) in [6.45, 7) is 2.55. The normalized spacial score (nSPS) is 21.7. The van der Waals surface area contributed by atoms with Crippen LogP contribution in [0.25, 0.3) is 0 Å². The van der Waals surface area contributed by atoms with E-state index in [1.165, 1.54) is 0 Å². The molecule has 0 radical (unpaired) electrons. The Labute approximate surface area is 107 Å². The highest BCUT2D eigenvalue weighted by Gasteiger charge is 2.28. The first-order valence-corrected chi connectivity index (χ1v) is 6.44. The number of para-hydroxylation sites is 1. The molecule has 1 aromatic carbocycles. The van der Waals surface area contributed by atoms with Gasteiger partial charge < -0.3 is 15.7 Å². The Morgan fingerprint density at radius 2 is 2.17 bits per heavy atom. The van der Waals surface area contributed by atoms with Crippen LogP contribution in [0.1, 0.15) is 37.9 Å². The van der Waals surface area contributed by atoms with Gasteiger partial charge in [-0.2, -0.15) is 0 Å². The smallest absolute Gasteiger partial charge is 0.240 e. The molecule has 0 saturated carbocycles. The molecule has 2 rings (SSSR count). The highest BCUT2D eigenvalue weighted by atomic mass is 16.3. The molecule has 1 amide bonds. The van der Waals surface area contributed by atoms with Gasteiger partial charge in [-0.3, -0.25) is 4.79 Å². The first-order chi connectivity index (χ1) is 8.61. The molecule has 3 N–H and O–H groups in total. The molecule has 1 unspecified atom stereocenters. The Hall–Kier alpha value is -1.55. The molecule has 1 aliphatic heterocycles. The first-order valence-electron chi connectivity index (χ1n) is 6.44. The second-order valence-electron chi connectivity index (χ2n) is 4.84. The van der Waals surface area contributed by atoms with Gasteiger partial charge in [-0.25, -0.2) is 0 Å². The van der Waals surface area contributed by atoms with Gasteiger partial charge in [0.25, 0.3) is 0 Å². The zero-order valence-corrected chi connectivity index (χ0v) is 10.7. The largest absolute Gasteiger partial charge is 0.389 e. The zero-order chi connectivity index (χ0) is 13.1. The Morgan fingerprint density at radius 3 is 2.83 bits per heavy atom. The van der Waals surface area contributed by atoms with E-state index in [0.29, 0.717) is 0 Å². The summed E-state index contributed by atoms with van der Waals surface area (Å²) in [6.07, 6.45) is 2.33. The monoisotopic (exact) mass is 248 g/mol. The topological polar surface area (TPSA) is 66.6 Å². The summed E-state index contributed by atoms with van der Waals surface area (Å²) in [5, 5.41) is 9.82. The fourth-order valence-corrected chi connectivity index (χ4v) is 2.62. The molecule has 98 valence electrons. The van der Waals surface area contributed by atoms with Crippen molar-refractivity contribution in [1.82, 2.24) is 0 Å². The Bertz CT molecular complexity index is 432. The molecule has 1 saturated heterocycles. The van der Waals surface area contributed by atoms with Crippen LogP contribution < -0.4 is 10.6 Å². The molecule has 4 nitrogen and oxygen atoms in total. The third kappa shape index (κ3) is 2.48. The quantitative estimate of drug-likeness (QED) is 0.853. The van der Waals surface area contributed by atoms with E-state index in [1.807, 2.05) is 29.2 Å². The maximum Gasteiger partial charge on any atom is 0.240 e. The minimum absolute atomic E-state index is 0.251. The molecule has 0 aromatic heterocycles. The van der Waals surface area contributed by atoms with Crippen LogP contribution in [-0.2, 0) is 4.79 Å². The van der Waals surface area contributed by atoms with Gasteiger partial charge in [-0.15, -0.1) is 0 Å². The maximum absolute atomic E-state index is 11.5. The van der Waals surface area contributed by atoms with E-state index in [9.17, 15) is 9.90 Å². The van der Waals surface area contributed by atoms with Gasteiger partial charge in [0.15, 0.2) is 0 Å². The summed E-state index contributed by atoms with van der Waals surface area (Å²) >= 11 is 0. The first kappa shape index (κ1) is 12.9. The summed E-state index contributed by atoms with van der Waals surface area (Å²) in [5.74, 6) is -0.282. The summed E-state index contributed by atoms with van der Waals surface area (Å²) in [6, 6.07) is 7.41. The van der Waals surface area contributed by atoms with E-state index in [4.69, 9.17) is 5.73 Å². The van der Waals surface area contributed by atoms with Crippen molar-refractivity contribution in [2.45, 2.75) is 38.3 Å². The van der Waals surface area contributed by atoms with E-state index < -0.39 is 6.10 Å². The van der Waals surface area contributed by atoms with Crippen LogP contribution in [0.4, 0.5) is 5.69 Å². The van der Waals surface area contributed by atoms with Crippen molar-refractivity contribution in [2.75, 3.05) is 11.4 Å². The number of hydrogen-bond acceptors (Lipinski definition) is 3. The molecule has 1 aliphatic rings. The van der Waals surface area contributed by atoms with Gasteiger partial charge in [0.05, 0.1) is 6.10 Å². The highest BCUT2D eigenvalue weighted by Crippen LogP contribution is 2.31. The fourth-order valence-electron chi connectivity index (χ4n) is 2.62. The van der Waals surface area contributed by atoms with Crippen molar-refractivity contribution in [1.29, 1.82) is 0 Å². The van der Waals surface area contributed by atoms with E-state index in [0.717, 1.165) is 37.1 Å². The number of nitrogens with two attached hydrogens (primary N) is 1. The lowest BCUT2D eigenvalue weighted by molar-refractivity contribution is -0.119. The molecular weight excluding hydrogens is 228 g/mol. The summed E-state index contributed by atoms with van der Waals surface area (Å²) in [5.41, 5.74) is 7.26. The van der Waals surface area contributed by atoms with Crippen molar-refractivity contribution in [3.8, 4) is 0 Å². The van der Waals surface area contributed by atoms with E-state index in [2.05, 4.69) is 0 Å². The van der Waals surface area contributed by atoms with Crippen molar-refractivity contribution in [3.63, 3.8) is 0 Å². The lowest BCUT2D eigenvalue weighted by Crippen LogP contribution is -2.48. The predicted octanol–water partition coefficient (Wildman–Crippen LogP) is 1.58. The minimum atomic E-state index is -0.545. The Kier molecular flexibility index (Phi) is 3.87. The van der Waals surface area contributed by atoms with Crippen LogP contribution in [0, 0.1) is 0 Å². The average Bonchev–Trinajstić information content (AvgIpc) is 2.38. The molecule has 0 bridgehead atoms. The standard InChI is InChI=1S/C14H20N2O2/c1-10(17)11-6-2-3-7-12(11)16-9-5-4-8-13(16)14(15)18/h2-3,6-7,10,13,17H,4-5,8-9H2,1H3,(H2,15,18)/t10-,13?/m0/s1. The highest BCUT2D eigenvalue weighted by molar-refractivity contribution is 5.84. The second kappa shape index (κ2) is 5.40. The Morgan fingerprint density at radius 1 is 1.44 bits per heavy atom. The van der Waals surface area contributed by atoms with E-state index >= 15 is 0 Å². The Balaban J connectivity index is 2.36. The number of anilines is 1. The number of rotatable bonds is 3. The van der Waals surface area contributed by atoms with E-state index in [-0.39, 0.29) is 11.9 Å². The number of aliphatic hydroxyl groups is 1. The fraction of sp³-hybridized carbons (Fsp3) is 0.500. The van der Waals surface area contributed by atoms with Gasteiger partial charge >= 0.3 is 0 Å². The van der Waals surface area contributed by atoms with Crippen LogP contribution in [-0.4, -0.2) is 23.6 Å². The van der Waals surface area contributed by atoms with Crippen molar-refractivity contribution in [2.24, 2.45) is 5.73 Å². The predicted molar refractivity (Wildman–Crippen MR) is 71.3 cm³/mol. The van der Waals surface area contributed by atoms with E-state index in [1.54, 1.807) is 6.92 Å². The SMILES string of the molecule is C[C@H](O)c1ccccc1N1CCCCC1C(N)=O. The lowest BCUT2D eigenvalue weighted by Gasteiger charge is -2.37. The average molecular weight is 248 g/mol. The summed E-state index contributed by atoms with van der Waals surface area (Å²) in [7, 11) is 0. The lowest BCUT2D eigenvalue weighted by atomic mass is 9.98. The van der Waals surface area contributed by atoms with Gasteiger partial charge in [0.1, 0.15) is 6.04 Å². The summed E-state index contributed by atoms with van der Waals surface area (Å²) in [4.78, 5) is 13.6. The molecule has 0 spiro atoms. The number of carbonyl (C=O) groups is 1. The molecule has 1 aromatic rings. The third-order valence-corrected chi connectivity index (χ3v) is 3.53. The molecular formula is C14H20N2O2. The summed E-state index contributed by atoms with van der Waals surface area (Å²) < 4.78 is 0. The van der Waals surface area contributed by atoms with Crippen LogP contribution in [0.15, 0.2) is 24.3 Å². The molecule has 1 fully saturated rings. The molecule has 0 aliphatic carbocycles. The van der Waals surface area contributed by atoms with Gasteiger partial charge in [-0.1, -0.05) is 18.2 Å². The van der Waals surface area contributed by atoms with Crippen molar-refractivity contribution >= 4 is 11.6 Å². The van der Waals surface area contributed by atoms with Crippen LogP contribution in [0.3, 0.4) is 0 Å². The van der Waals surface area contributed by atoms with Crippen molar-refractivity contribution in [3.05, 3.63) is 29.8 Å². The number of amides is 1. The maximum atomic E-state index is 11.5. The number of hydrogen-bond donors (Lipinski definition) is 2. The minimum Gasteiger partial charge on any atom is -0.389 e. The number of nitrogens with zero attached hydrogens (tertiary/aromatic N) is 1. The van der Waals surface area contributed by atoms with Crippen LogP contribution in [0.2, 0.25) is 0 Å². The number of primary amides is 1. The van der Waals surface area contributed by atoms with Gasteiger partial charge in [-0.05, 0) is 32.3 Å². The third-order valence-electron chi connectivity index (χ3n) is 3.53. The molecule has 2 atom stereocenters. The van der Waals surface area contributed by atoms with Crippen molar-refractivity contribution < 1.29 is 9.90 Å². The molecule has 18 heavy (non-hydrogen) atoms. The number of piperidine rings is 1. The number of aliphatic hydroxyl groups excluding tert-OH is 1. The number of carbonyl (C=O) groups excluding carboxylic acids is 1. The second-order valence-corrected chi connectivity index (χ2v) is 4.84. The zero-order valence-electron chi connectivity index (χ0n) is 10.7.